The van der Waals surface area contributed by atoms with Gasteiger partial charge >= 0.3 is 5.97 Å². The Bertz CT molecular complexity index is 1070. The molecular formula is C23H22FN3O4. The maximum absolute atomic E-state index is 13.1. The van der Waals surface area contributed by atoms with Crippen LogP contribution in [0.3, 0.4) is 0 Å². The fraction of sp³-hybridized carbons (Fsp3) is 0.261. The van der Waals surface area contributed by atoms with Crippen LogP contribution >= 0.6 is 0 Å². The summed E-state index contributed by atoms with van der Waals surface area (Å²) >= 11 is 0. The number of aromatic carboxylic acids is 1. The molecule has 1 aliphatic rings. The molecule has 7 nitrogen and oxygen atoms in total. The van der Waals surface area contributed by atoms with E-state index < -0.39 is 5.97 Å². The van der Waals surface area contributed by atoms with Gasteiger partial charge in [0.2, 0.25) is 5.95 Å². The largest absolute Gasteiger partial charge is 0.496 e. The van der Waals surface area contributed by atoms with Gasteiger partial charge in [-0.1, -0.05) is 18.2 Å². The molecule has 2 heterocycles. The minimum Gasteiger partial charge on any atom is -0.496 e. The standard InChI is InChI=1S/C23H22FN3O4/c1-30-21-7-3-2-5-17(21)20-6-4-12-27(20)23-25-13-18(22(28)29)19(26-23)14-31-16-10-8-15(24)9-11-16/h2-3,5,7-11,13,20H,4,6,12,14H2,1H3,(H,28,29)/t20-/m0/s1. The predicted molar refractivity (Wildman–Crippen MR) is 112 cm³/mol. The van der Waals surface area contributed by atoms with Crippen LogP contribution in [0.25, 0.3) is 0 Å². The highest BCUT2D eigenvalue weighted by Gasteiger charge is 2.31. The van der Waals surface area contributed by atoms with E-state index in [9.17, 15) is 14.3 Å². The lowest BCUT2D eigenvalue weighted by atomic mass is 10.0. The van der Waals surface area contributed by atoms with Gasteiger partial charge in [0.25, 0.3) is 0 Å². The van der Waals surface area contributed by atoms with E-state index in [2.05, 4.69) is 14.9 Å². The Hall–Kier alpha value is -3.68. The molecule has 0 bridgehead atoms. The number of carboxylic acid groups (broad SMARTS) is 1. The van der Waals surface area contributed by atoms with Crippen molar-refractivity contribution in [2.75, 3.05) is 18.6 Å². The second kappa shape index (κ2) is 8.99. The van der Waals surface area contributed by atoms with Crippen LogP contribution in [0.1, 0.15) is 40.5 Å². The summed E-state index contributed by atoms with van der Waals surface area (Å²) in [5.74, 6) is 0.148. The summed E-state index contributed by atoms with van der Waals surface area (Å²) in [6.45, 7) is 0.670. The Morgan fingerprint density at radius 2 is 2.00 bits per heavy atom. The van der Waals surface area contributed by atoms with Crippen molar-refractivity contribution in [2.45, 2.75) is 25.5 Å². The monoisotopic (exact) mass is 423 g/mol. The van der Waals surface area contributed by atoms with Gasteiger partial charge in [0.15, 0.2) is 0 Å². The molecule has 0 amide bonds. The van der Waals surface area contributed by atoms with E-state index in [1.54, 1.807) is 7.11 Å². The number of hydrogen-bond acceptors (Lipinski definition) is 6. The van der Waals surface area contributed by atoms with Crippen molar-refractivity contribution in [1.82, 2.24) is 9.97 Å². The minimum atomic E-state index is -1.13. The van der Waals surface area contributed by atoms with E-state index in [1.807, 2.05) is 24.3 Å². The second-order valence-electron chi connectivity index (χ2n) is 7.17. The number of carbonyl (C=O) groups is 1. The highest BCUT2D eigenvalue weighted by Crippen LogP contribution is 2.38. The van der Waals surface area contributed by atoms with Gasteiger partial charge in [0.05, 0.1) is 18.8 Å². The molecule has 1 N–H and O–H groups in total. The Morgan fingerprint density at radius 3 is 2.74 bits per heavy atom. The average molecular weight is 423 g/mol. The van der Waals surface area contributed by atoms with Gasteiger partial charge in [0, 0.05) is 18.3 Å². The second-order valence-corrected chi connectivity index (χ2v) is 7.17. The van der Waals surface area contributed by atoms with Crippen molar-refractivity contribution in [3.8, 4) is 11.5 Å². The number of carboxylic acids is 1. The van der Waals surface area contributed by atoms with Crippen molar-refractivity contribution in [3.05, 3.63) is 77.4 Å². The molecule has 4 rings (SSSR count). The highest BCUT2D eigenvalue weighted by atomic mass is 19.1. The van der Waals surface area contributed by atoms with E-state index in [1.165, 1.54) is 30.5 Å². The number of nitrogens with zero attached hydrogens (tertiary/aromatic N) is 3. The van der Waals surface area contributed by atoms with Crippen LogP contribution in [0.4, 0.5) is 10.3 Å². The van der Waals surface area contributed by atoms with Gasteiger partial charge in [-0.15, -0.1) is 0 Å². The SMILES string of the molecule is COc1ccccc1[C@@H]1CCCN1c1ncc(C(=O)O)c(COc2ccc(F)cc2)n1. The number of aromatic nitrogens is 2. The smallest absolute Gasteiger partial charge is 0.339 e. The molecule has 0 aliphatic carbocycles. The molecule has 0 spiro atoms. The molecule has 2 aromatic carbocycles. The number of para-hydroxylation sites is 1. The van der Waals surface area contributed by atoms with Crippen LogP contribution in [-0.2, 0) is 6.61 Å². The number of benzene rings is 2. The fourth-order valence-electron chi connectivity index (χ4n) is 3.79. The first-order chi connectivity index (χ1) is 15.1. The summed E-state index contributed by atoms with van der Waals surface area (Å²) in [4.78, 5) is 22.6. The van der Waals surface area contributed by atoms with Gasteiger partial charge < -0.3 is 19.5 Å². The lowest BCUT2D eigenvalue weighted by molar-refractivity contribution is 0.0692. The number of halogens is 1. The maximum atomic E-state index is 13.1. The van der Waals surface area contributed by atoms with Crippen molar-refractivity contribution in [3.63, 3.8) is 0 Å². The van der Waals surface area contributed by atoms with Crippen molar-refractivity contribution in [1.29, 1.82) is 0 Å². The molecule has 0 saturated carbocycles. The number of methoxy groups -OCH3 is 1. The zero-order chi connectivity index (χ0) is 21.8. The molecule has 1 aromatic heterocycles. The molecule has 0 radical (unpaired) electrons. The average Bonchev–Trinajstić information content (AvgIpc) is 3.28. The van der Waals surface area contributed by atoms with Gasteiger partial charge in [0.1, 0.15) is 29.5 Å². The van der Waals surface area contributed by atoms with Crippen LogP contribution in [0, 0.1) is 5.82 Å². The first-order valence-corrected chi connectivity index (χ1v) is 9.94. The molecule has 160 valence electrons. The lowest BCUT2D eigenvalue weighted by Gasteiger charge is -2.26. The first kappa shape index (κ1) is 20.6. The highest BCUT2D eigenvalue weighted by molar-refractivity contribution is 5.88. The Balaban J connectivity index is 1.62. The molecule has 1 saturated heterocycles. The molecule has 1 aliphatic heterocycles. The van der Waals surface area contributed by atoms with Gasteiger partial charge in [-0.25, -0.2) is 19.2 Å². The fourth-order valence-corrected chi connectivity index (χ4v) is 3.79. The number of hydrogen-bond donors (Lipinski definition) is 1. The topological polar surface area (TPSA) is 84.8 Å². The summed E-state index contributed by atoms with van der Waals surface area (Å²) in [5, 5.41) is 9.54. The van der Waals surface area contributed by atoms with E-state index in [0.717, 1.165) is 30.7 Å². The molecule has 1 fully saturated rings. The zero-order valence-electron chi connectivity index (χ0n) is 17.0. The first-order valence-electron chi connectivity index (χ1n) is 9.94. The van der Waals surface area contributed by atoms with Crippen LogP contribution in [0.2, 0.25) is 0 Å². The molecule has 1 atom stereocenters. The van der Waals surface area contributed by atoms with E-state index in [0.29, 0.717) is 11.7 Å². The summed E-state index contributed by atoms with van der Waals surface area (Å²) in [5.41, 5.74) is 1.27. The maximum Gasteiger partial charge on any atom is 0.339 e. The normalized spacial score (nSPS) is 15.7. The third-order valence-electron chi connectivity index (χ3n) is 5.28. The Kier molecular flexibility index (Phi) is 5.97. The van der Waals surface area contributed by atoms with Crippen LogP contribution in [-0.4, -0.2) is 34.7 Å². The van der Waals surface area contributed by atoms with Gasteiger partial charge in [-0.3, -0.25) is 0 Å². The molecular weight excluding hydrogens is 401 g/mol. The molecule has 31 heavy (non-hydrogen) atoms. The number of ether oxygens (including phenoxy) is 2. The Morgan fingerprint density at radius 1 is 1.23 bits per heavy atom. The van der Waals surface area contributed by atoms with Crippen LogP contribution < -0.4 is 14.4 Å². The lowest BCUT2D eigenvalue weighted by Crippen LogP contribution is -2.26. The third-order valence-corrected chi connectivity index (χ3v) is 5.28. The van der Waals surface area contributed by atoms with Crippen molar-refractivity contribution < 1.29 is 23.8 Å². The number of rotatable bonds is 7. The predicted octanol–water partition coefficient (Wildman–Crippen LogP) is 4.24. The molecule has 8 heteroatoms. The third kappa shape index (κ3) is 4.42. The summed E-state index contributed by atoms with van der Waals surface area (Å²) in [7, 11) is 1.64. The van der Waals surface area contributed by atoms with E-state index >= 15 is 0 Å². The van der Waals surface area contributed by atoms with E-state index in [-0.39, 0.29) is 29.7 Å². The van der Waals surface area contributed by atoms with Crippen LogP contribution in [0.15, 0.2) is 54.7 Å². The van der Waals surface area contributed by atoms with Gasteiger partial charge in [-0.05, 0) is 43.2 Å². The summed E-state index contributed by atoms with van der Waals surface area (Å²) in [6, 6.07) is 13.4. The number of anilines is 1. The molecule has 0 unspecified atom stereocenters. The van der Waals surface area contributed by atoms with Crippen LogP contribution in [0.5, 0.6) is 11.5 Å². The van der Waals surface area contributed by atoms with Crippen molar-refractivity contribution >= 4 is 11.9 Å². The van der Waals surface area contributed by atoms with E-state index in [4.69, 9.17) is 9.47 Å². The van der Waals surface area contributed by atoms with Crippen molar-refractivity contribution in [2.24, 2.45) is 0 Å². The zero-order valence-corrected chi connectivity index (χ0v) is 17.0. The summed E-state index contributed by atoms with van der Waals surface area (Å²) in [6.07, 6.45) is 3.17. The molecule has 3 aromatic rings. The minimum absolute atomic E-state index is 0.0256. The quantitative estimate of drug-likeness (QED) is 0.608. The Labute approximate surface area is 179 Å². The summed E-state index contributed by atoms with van der Waals surface area (Å²) < 4.78 is 24.3. The van der Waals surface area contributed by atoms with Gasteiger partial charge in [-0.2, -0.15) is 0 Å².